The van der Waals surface area contributed by atoms with Crippen molar-refractivity contribution in [1.29, 1.82) is 0 Å². The highest BCUT2D eigenvalue weighted by Gasteiger charge is 2.33. The van der Waals surface area contributed by atoms with Crippen LogP contribution in [0.4, 0.5) is 5.69 Å². The second-order valence-corrected chi connectivity index (χ2v) is 9.45. The molecular weight excluding hydrogens is 380 g/mol. The molecule has 0 radical (unpaired) electrons. The summed E-state index contributed by atoms with van der Waals surface area (Å²) in [5.74, 6) is 1.14. The molecule has 144 valence electrons. The Balaban J connectivity index is 1.81. The predicted molar refractivity (Wildman–Crippen MR) is 113 cm³/mol. The third-order valence-electron chi connectivity index (χ3n) is 4.69. The number of methoxy groups -OCH3 is 1. The van der Waals surface area contributed by atoms with Crippen LogP contribution in [0.5, 0.6) is 5.75 Å². The first-order chi connectivity index (χ1) is 12.9. The molecule has 2 aromatic rings. The van der Waals surface area contributed by atoms with Crippen molar-refractivity contribution >= 4 is 32.9 Å². The van der Waals surface area contributed by atoms with Gasteiger partial charge in [-0.15, -0.1) is 0 Å². The van der Waals surface area contributed by atoms with Gasteiger partial charge in [0, 0.05) is 18.3 Å². The summed E-state index contributed by atoms with van der Waals surface area (Å²) < 4.78 is 29.2. The molecule has 1 aliphatic rings. The van der Waals surface area contributed by atoms with Crippen LogP contribution in [0.15, 0.2) is 48.5 Å². The first-order valence-corrected chi connectivity index (χ1v) is 11.1. The van der Waals surface area contributed by atoms with Gasteiger partial charge in [0.05, 0.1) is 18.6 Å². The van der Waals surface area contributed by atoms with Gasteiger partial charge in [-0.05, 0) is 61.0 Å². The second-order valence-electron chi connectivity index (χ2n) is 6.83. The van der Waals surface area contributed by atoms with E-state index in [-0.39, 0.29) is 17.5 Å². The van der Waals surface area contributed by atoms with Gasteiger partial charge in [0.25, 0.3) is 0 Å². The molecule has 0 saturated carbocycles. The molecule has 27 heavy (non-hydrogen) atoms. The van der Waals surface area contributed by atoms with Gasteiger partial charge >= 0.3 is 0 Å². The molecule has 0 spiro atoms. The molecule has 3 rings (SSSR count). The lowest BCUT2D eigenvalue weighted by Crippen LogP contribution is -2.43. The van der Waals surface area contributed by atoms with Crippen LogP contribution in [0.2, 0.25) is 0 Å². The van der Waals surface area contributed by atoms with Gasteiger partial charge in [0.15, 0.2) is 14.9 Å². The molecule has 0 amide bonds. The lowest BCUT2D eigenvalue weighted by atomic mass is 10.1. The van der Waals surface area contributed by atoms with Gasteiger partial charge in [0.2, 0.25) is 0 Å². The van der Waals surface area contributed by atoms with Gasteiger partial charge in [-0.2, -0.15) is 0 Å². The summed E-state index contributed by atoms with van der Waals surface area (Å²) in [4.78, 5) is 1.99. The number of sulfone groups is 1. The molecule has 7 heteroatoms. The molecule has 1 heterocycles. The number of hydrogen-bond acceptors (Lipinski definition) is 4. The van der Waals surface area contributed by atoms with Gasteiger partial charge in [-0.1, -0.05) is 24.3 Å². The van der Waals surface area contributed by atoms with E-state index in [1.54, 1.807) is 7.11 Å². The van der Waals surface area contributed by atoms with Crippen molar-refractivity contribution in [2.75, 3.05) is 23.9 Å². The SMILES string of the molecule is COc1ccc(CN(C(=S)Nc2cccc(C)c2)[C@H]2CCS(=O)(=O)C2)cc1. The van der Waals surface area contributed by atoms with E-state index in [0.717, 1.165) is 22.6 Å². The zero-order valence-corrected chi connectivity index (χ0v) is 17.1. The summed E-state index contributed by atoms with van der Waals surface area (Å²) in [6, 6.07) is 15.6. The van der Waals surface area contributed by atoms with Gasteiger partial charge in [-0.3, -0.25) is 0 Å². The van der Waals surface area contributed by atoms with Gasteiger partial charge < -0.3 is 15.0 Å². The van der Waals surface area contributed by atoms with Crippen molar-refractivity contribution < 1.29 is 13.2 Å². The fourth-order valence-corrected chi connectivity index (χ4v) is 5.30. The number of nitrogens with one attached hydrogen (secondary N) is 1. The lowest BCUT2D eigenvalue weighted by molar-refractivity contribution is 0.332. The topological polar surface area (TPSA) is 58.6 Å². The molecule has 1 fully saturated rings. The molecule has 2 aromatic carbocycles. The smallest absolute Gasteiger partial charge is 0.174 e. The van der Waals surface area contributed by atoms with Crippen molar-refractivity contribution in [1.82, 2.24) is 4.90 Å². The standard InChI is InChI=1S/C20H24N2O3S2/c1-15-4-3-5-17(12-15)21-20(26)22(18-10-11-27(23,24)14-18)13-16-6-8-19(25-2)9-7-16/h3-9,12,18H,10-11,13-14H2,1-2H3,(H,21,26)/t18-/m0/s1. The molecule has 1 aliphatic heterocycles. The number of anilines is 1. The summed E-state index contributed by atoms with van der Waals surface area (Å²) in [6.45, 7) is 2.56. The summed E-state index contributed by atoms with van der Waals surface area (Å²) in [5.41, 5.74) is 3.09. The number of benzene rings is 2. The fourth-order valence-electron chi connectivity index (χ4n) is 3.23. The normalized spacial score (nSPS) is 18.1. The Morgan fingerprint density at radius 2 is 2.00 bits per heavy atom. The maximum absolute atomic E-state index is 12.0. The first kappa shape index (κ1) is 19.6. The summed E-state index contributed by atoms with van der Waals surface area (Å²) in [5, 5.41) is 3.81. The largest absolute Gasteiger partial charge is 0.497 e. The summed E-state index contributed by atoms with van der Waals surface area (Å²) in [7, 11) is -1.38. The molecule has 1 N–H and O–H groups in total. The molecule has 0 aromatic heterocycles. The van der Waals surface area contributed by atoms with E-state index in [2.05, 4.69) is 5.32 Å². The van der Waals surface area contributed by atoms with E-state index in [0.29, 0.717) is 18.1 Å². The quantitative estimate of drug-likeness (QED) is 0.771. The zero-order valence-electron chi connectivity index (χ0n) is 15.5. The average molecular weight is 405 g/mol. The molecule has 5 nitrogen and oxygen atoms in total. The van der Waals surface area contributed by atoms with Crippen LogP contribution in [0, 0.1) is 6.92 Å². The van der Waals surface area contributed by atoms with E-state index in [4.69, 9.17) is 17.0 Å². The van der Waals surface area contributed by atoms with Gasteiger partial charge in [-0.25, -0.2) is 8.42 Å². The van der Waals surface area contributed by atoms with Crippen molar-refractivity contribution in [3.8, 4) is 5.75 Å². The number of thiocarbonyl (C=S) groups is 1. The molecule has 0 bridgehead atoms. The van der Waals surface area contributed by atoms with E-state index < -0.39 is 9.84 Å². The van der Waals surface area contributed by atoms with Crippen molar-refractivity contribution in [3.63, 3.8) is 0 Å². The highest BCUT2D eigenvalue weighted by Crippen LogP contribution is 2.23. The summed E-state index contributed by atoms with van der Waals surface area (Å²) in [6.07, 6.45) is 0.591. The minimum Gasteiger partial charge on any atom is -0.497 e. The fraction of sp³-hybridized carbons (Fsp3) is 0.350. The molecule has 0 aliphatic carbocycles. The van der Waals surface area contributed by atoms with Crippen molar-refractivity contribution in [2.24, 2.45) is 0 Å². The number of hydrogen-bond donors (Lipinski definition) is 1. The molecule has 1 saturated heterocycles. The van der Waals surface area contributed by atoms with Crippen molar-refractivity contribution in [3.05, 3.63) is 59.7 Å². The van der Waals surface area contributed by atoms with E-state index in [1.807, 2.05) is 60.4 Å². The Morgan fingerprint density at radius 1 is 1.26 bits per heavy atom. The van der Waals surface area contributed by atoms with Crippen LogP contribution in [-0.4, -0.2) is 43.1 Å². The average Bonchev–Trinajstić information content (AvgIpc) is 2.99. The van der Waals surface area contributed by atoms with Crippen molar-refractivity contribution in [2.45, 2.75) is 25.9 Å². The Bertz CT molecular complexity index is 911. The number of rotatable bonds is 5. The Kier molecular flexibility index (Phi) is 6.01. The number of aryl methyl sites for hydroxylation is 1. The van der Waals surface area contributed by atoms with E-state index in [9.17, 15) is 8.42 Å². The predicted octanol–water partition coefficient (Wildman–Crippen LogP) is 3.39. The zero-order chi connectivity index (χ0) is 19.4. The van der Waals surface area contributed by atoms with Gasteiger partial charge in [0.1, 0.15) is 5.75 Å². The highest BCUT2D eigenvalue weighted by molar-refractivity contribution is 7.91. The van der Waals surface area contributed by atoms with Crippen LogP contribution in [0.3, 0.4) is 0 Å². The third-order valence-corrected chi connectivity index (χ3v) is 6.78. The van der Waals surface area contributed by atoms with Crippen LogP contribution < -0.4 is 10.1 Å². The highest BCUT2D eigenvalue weighted by atomic mass is 32.2. The van der Waals surface area contributed by atoms with E-state index >= 15 is 0 Å². The Hall–Kier alpha value is -2.12. The number of ether oxygens (including phenoxy) is 1. The molecule has 1 atom stereocenters. The third kappa shape index (κ3) is 5.20. The minimum absolute atomic E-state index is 0.123. The van der Waals surface area contributed by atoms with Crippen LogP contribution in [0.25, 0.3) is 0 Å². The summed E-state index contributed by atoms with van der Waals surface area (Å²) >= 11 is 5.66. The van der Waals surface area contributed by atoms with Crippen LogP contribution in [-0.2, 0) is 16.4 Å². The maximum atomic E-state index is 12.0. The van der Waals surface area contributed by atoms with Crippen LogP contribution >= 0.6 is 12.2 Å². The minimum atomic E-state index is -3.01. The molecular formula is C20H24N2O3S2. The van der Waals surface area contributed by atoms with Crippen LogP contribution in [0.1, 0.15) is 17.5 Å². The monoisotopic (exact) mass is 404 g/mol. The molecule has 0 unspecified atom stereocenters. The Morgan fingerprint density at radius 3 is 2.59 bits per heavy atom. The Labute approximate surface area is 166 Å². The first-order valence-electron chi connectivity index (χ1n) is 8.84. The van der Waals surface area contributed by atoms with E-state index in [1.165, 1.54) is 0 Å². The second kappa shape index (κ2) is 8.27. The maximum Gasteiger partial charge on any atom is 0.174 e. The number of nitrogens with zero attached hydrogens (tertiary/aromatic N) is 1. The lowest BCUT2D eigenvalue weighted by Gasteiger charge is -2.31.